The van der Waals surface area contributed by atoms with Crippen molar-refractivity contribution in [3.05, 3.63) is 0 Å². The molecule has 0 radical (unpaired) electrons. The summed E-state index contributed by atoms with van der Waals surface area (Å²) >= 11 is 16.1. The number of alkyl halides is 2. The minimum absolute atomic E-state index is 0.107. The van der Waals surface area contributed by atoms with Gasteiger partial charge in [-0.05, 0) is 18.6 Å². The van der Waals surface area contributed by atoms with Gasteiger partial charge >= 0.3 is 0 Å². The second-order valence-corrected chi connectivity index (χ2v) is 7.12. The number of halogens is 2. The van der Waals surface area contributed by atoms with E-state index in [1.54, 1.807) is 0 Å². The van der Waals surface area contributed by atoms with E-state index in [0.717, 1.165) is 0 Å². The second kappa shape index (κ2) is 6.23. The Morgan fingerprint density at radius 2 is 2.31 bits per heavy atom. The fraction of sp³-hybridized carbons (Fsp3) is 0.875. The summed E-state index contributed by atoms with van der Waals surface area (Å²) in [5.74, 6) is 0.589. The lowest BCUT2D eigenvalue weighted by Crippen LogP contribution is -2.36. The number of hydrogen-bond acceptors (Lipinski definition) is 4. The van der Waals surface area contributed by atoms with Crippen LogP contribution in [0.5, 0.6) is 0 Å². The van der Waals surface area contributed by atoms with Crippen LogP contribution in [0.15, 0.2) is 0 Å². The van der Waals surface area contributed by atoms with Crippen molar-refractivity contribution in [2.75, 3.05) is 24.0 Å². The minimum atomic E-state index is -2.90. The third-order valence-electron chi connectivity index (χ3n) is 2.12. The maximum absolute atomic E-state index is 11.2. The molecule has 0 aromatic rings. The van der Waals surface area contributed by atoms with Crippen LogP contribution >= 0.6 is 35.4 Å². The Morgan fingerprint density at radius 3 is 2.81 bits per heavy atom. The average Bonchev–Trinajstić information content (AvgIpc) is 2.54. The number of thiocarbonyl (C=S) groups is 1. The lowest BCUT2D eigenvalue weighted by Gasteiger charge is -2.15. The maximum atomic E-state index is 11.2. The summed E-state index contributed by atoms with van der Waals surface area (Å²) in [4.78, 5) is 0. The first kappa shape index (κ1) is 14.3. The molecule has 1 fully saturated rings. The van der Waals surface area contributed by atoms with Gasteiger partial charge in [-0.2, -0.15) is 0 Å². The van der Waals surface area contributed by atoms with Gasteiger partial charge in [0.25, 0.3) is 5.17 Å². The topological polar surface area (TPSA) is 55.4 Å². The quantitative estimate of drug-likeness (QED) is 0.618. The van der Waals surface area contributed by atoms with Crippen LogP contribution in [0.25, 0.3) is 0 Å². The molecule has 1 heterocycles. The predicted molar refractivity (Wildman–Crippen MR) is 69.1 cm³/mol. The molecular weight excluding hydrogens is 293 g/mol. The molecule has 8 heteroatoms. The van der Waals surface area contributed by atoms with Gasteiger partial charge < -0.3 is 10.1 Å². The zero-order valence-electron chi connectivity index (χ0n) is 8.49. The molecule has 1 saturated heterocycles. The number of rotatable bonds is 4. The van der Waals surface area contributed by atoms with Crippen LogP contribution in [0.1, 0.15) is 6.42 Å². The first-order chi connectivity index (χ1) is 7.43. The molecule has 0 unspecified atom stereocenters. The lowest BCUT2D eigenvalue weighted by atomic mass is 10.3. The third-order valence-corrected chi connectivity index (χ3v) is 4.93. The van der Waals surface area contributed by atoms with Gasteiger partial charge in [0.1, 0.15) is 6.61 Å². The molecule has 1 aliphatic heterocycles. The Balaban J connectivity index is 2.25. The molecule has 0 aromatic carbocycles. The molecule has 0 saturated carbocycles. The van der Waals surface area contributed by atoms with E-state index < -0.39 is 9.84 Å². The van der Waals surface area contributed by atoms with Crippen molar-refractivity contribution in [3.63, 3.8) is 0 Å². The third kappa shape index (κ3) is 5.03. The van der Waals surface area contributed by atoms with Crippen molar-refractivity contribution < 1.29 is 13.2 Å². The Labute approximate surface area is 111 Å². The molecule has 0 bridgehead atoms. The summed E-state index contributed by atoms with van der Waals surface area (Å²) in [6.07, 6.45) is 0.561. The van der Waals surface area contributed by atoms with E-state index in [2.05, 4.69) is 5.32 Å². The molecule has 1 rings (SSSR count). The van der Waals surface area contributed by atoms with E-state index in [0.29, 0.717) is 6.42 Å². The van der Waals surface area contributed by atoms with Crippen molar-refractivity contribution >= 4 is 50.4 Å². The predicted octanol–water partition coefficient (Wildman–Crippen LogP) is 0.911. The zero-order chi connectivity index (χ0) is 12.2. The first-order valence-electron chi connectivity index (χ1n) is 4.76. The molecule has 94 valence electrons. The van der Waals surface area contributed by atoms with Gasteiger partial charge in [0.15, 0.2) is 9.84 Å². The van der Waals surface area contributed by atoms with Crippen LogP contribution in [0.3, 0.4) is 0 Å². The summed E-state index contributed by atoms with van der Waals surface area (Å²) in [5.41, 5.74) is 0. The number of ether oxygens (including phenoxy) is 1. The number of sulfone groups is 1. The van der Waals surface area contributed by atoms with Crippen molar-refractivity contribution in [2.24, 2.45) is 0 Å². The SMILES string of the molecule is O=S1(=O)CC[C@H](NC(=S)OC[C@H](Cl)CCl)C1. The molecule has 0 spiro atoms. The Bertz CT molecular complexity index is 347. The highest BCUT2D eigenvalue weighted by molar-refractivity contribution is 7.91. The molecule has 0 aromatic heterocycles. The smallest absolute Gasteiger partial charge is 0.256 e. The molecule has 0 amide bonds. The van der Waals surface area contributed by atoms with Gasteiger partial charge in [-0.25, -0.2) is 8.42 Å². The average molecular weight is 306 g/mol. The lowest BCUT2D eigenvalue weighted by molar-refractivity contribution is 0.298. The monoisotopic (exact) mass is 305 g/mol. The van der Waals surface area contributed by atoms with E-state index in [9.17, 15) is 8.42 Å². The van der Waals surface area contributed by atoms with Gasteiger partial charge in [-0.3, -0.25) is 0 Å². The first-order valence-corrected chi connectivity index (χ1v) is 7.97. The van der Waals surface area contributed by atoms with Crippen LogP contribution in [-0.2, 0) is 14.6 Å². The van der Waals surface area contributed by atoms with Crippen LogP contribution in [0, 0.1) is 0 Å². The van der Waals surface area contributed by atoms with Crippen LogP contribution in [0.4, 0.5) is 0 Å². The molecule has 0 aliphatic carbocycles. The Kier molecular flexibility index (Phi) is 5.56. The van der Waals surface area contributed by atoms with Crippen molar-refractivity contribution in [2.45, 2.75) is 17.8 Å². The standard InChI is InChI=1S/C8H13Cl2NO3S2/c9-3-6(10)4-14-8(15)11-7-1-2-16(12,13)5-7/h6-7H,1-5H2,(H,11,15)/t6-,7+/m1/s1. The summed E-state index contributed by atoms with van der Waals surface area (Å²) in [5, 5.41) is 2.72. The Hall–Kier alpha value is 0.220. The summed E-state index contributed by atoms with van der Waals surface area (Å²) in [6.45, 7) is 0.219. The van der Waals surface area contributed by atoms with Crippen LogP contribution < -0.4 is 5.32 Å². The van der Waals surface area contributed by atoms with E-state index in [1.807, 2.05) is 0 Å². The second-order valence-electron chi connectivity index (χ2n) is 3.59. The van der Waals surface area contributed by atoms with E-state index in [1.165, 1.54) is 0 Å². The van der Waals surface area contributed by atoms with Gasteiger partial charge in [0.05, 0.1) is 16.9 Å². The van der Waals surface area contributed by atoms with Gasteiger partial charge in [-0.1, -0.05) is 0 Å². The fourth-order valence-corrected chi connectivity index (χ4v) is 3.39. The number of hydrogen-bond donors (Lipinski definition) is 1. The summed E-state index contributed by atoms with van der Waals surface area (Å²) < 4.78 is 27.5. The molecule has 1 aliphatic rings. The minimum Gasteiger partial charge on any atom is -0.469 e. The number of nitrogens with one attached hydrogen (secondary N) is 1. The van der Waals surface area contributed by atoms with Gasteiger partial charge in [0, 0.05) is 11.9 Å². The summed E-state index contributed by atoms with van der Waals surface area (Å²) in [6, 6.07) is -0.151. The van der Waals surface area contributed by atoms with Gasteiger partial charge in [-0.15, -0.1) is 23.2 Å². The van der Waals surface area contributed by atoms with Crippen LogP contribution in [-0.4, -0.2) is 49.0 Å². The highest BCUT2D eigenvalue weighted by Crippen LogP contribution is 2.11. The largest absolute Gasteiger partial charge is 0.469 e. The summed E-state index contributed by atoms with van der Waals surface area (Å²) in [7, 11) is -2.90. The maximum Gasteiger partial charge on any atom is 0.256 e. The highest BCUT2D eigenvalue weighted by Gasteiger charge is 2.28. The molecule has 16 heavy (non-hydrogen) atoms. The normalized spacial score (nSPS) is 25.0. The van der Waals surface area contributed by atoms with Crippen molar-refractivity contribution in [1.29, 1.82) is 0 Å². The van der Waals surface area contributed by atoms with E-state index in [4.69, 9.17) is 40.2 Å². The van der Waals surface area contributed by atoms with Crippen molar-refractivity contribution in [3.8, 4) is 0 Å². The van der Waals surface area contributed by atoms with E-state index in [-0.39, 0.29) is 40.6 Å². The highest BCUT2D eigenvalue weighted by atomic mass is 35.5. The van der Waals surface area contributed by atoms with Crippen LogP contribution in [0.2, 0.25) is 0 Å². The van der Waals surface area contributed by atoms with Gasteiger partial charge in [0.2, 0.25) is 0 Å². The molecule has 4 nitrogen and oxygen atoms in total. The fourth-order valence-electron chi connectivity index (χ4n) is 1.33. The molecular formula is C8H13Cl2NO3S2. The van der Waals surface area contributed by atoms with E-state index >= 15 is 0 Å². The van der Waals surface area contributed by atoms with Crippen molar-refractivity contribution in [1.82, 2.24) is 5.32 Å². The zero-order valence-corrected chi connectivity index (χ0v) is 11.6. The molecule has 2 atom stereocenters. The molecule has 1 N–H and O–H groups in total. The Morgan fingerprint density at radius 1 is 1.62 bits per heavy atom.